The second-order valence-electron chi connectivity index (χ2n) is 3.82. The molecule has 0 amide bonds. The molecule has 0 heterocycles. The van der Waals surface area contributed by atoms with Gasteiger partial charge in [0, 0.05) is 12.6 Å². The van der Waals surface area contributed by atoms with Crippen molar-refractivity contribution in [3.05, 3.63) is 41.5 Å². The Labute approximate surface area is 90.2 Å². The van der Waals surface area contributed by atoms with Crippen LogP contribution in [-0.2, 0) is 0 Å². The van der Waals surface area contributed by atoms with Crippen LogP contribution in [0.1, 0.15) is 24.0 Å². The van der Waals surface area contributed by atoms with Gasteiger partial charge in [0.05, 0.1) is 11.6 Å². The van der Waals surface area contributed by atoms with Crippen molar-refractivity contribution >= 4 is 6.08 Å². The van der Waals surface area contributed by atoms with E-state index in [1.54, 1.807) is 0 Å². The van der Waals surface area contributed by atoms with Crippen LogP contribution in [0, 0.1) is 11.3 Å². The van der Waals surface area contributed by atoms with Gasteiger partial charge in [-0.15, -0.1) is 0 Å². The van der Waals surface area contributed by atoms with Crippen LogP contribution in [0.4, 0.5) is 0 Å². The predicted molar refractivity (Wildman–Crippen MR) is 61.2 cm³/mol. The van der Waals surface area contributed by atoms with Gasteiger partial charge < -0.3 is 5.32 Å². The summed E-state index contributed by atoms with van der Waals surface area (Å²) in [6.07, 6.45) is 6.85. The number of nitrogens with zero attached hydrogens (tertiary/aromatic N) is 1. The van der Waals surface area contributed by atoms with Gasteiger partial charge in [0.15, 0.2) is 0 Å². The Balaban J connectivity index is 1.83. The Hall–Kier alpha value is -1.59. The fourth-order valence-corrected chi connectivity index (χ4v) is 1.39. The summed E-state index contributed by atoms with van der Waals surface area (Å²) in [5.74, 6) is 0. The summed E-state index contributed by atoms with van der Waals surface area (Å²) in [5.41, 5.74) is 1.86. The van der Waals surface area contributed by atoms with E-state index < -0.39 is 0 Å². The van der Waals surface area contributed by atoms with Crippen LogP contribution in [0.5, 0.6) is 0 Å². The third kappa shape index (κ3) is 3.23. The molecule has 1 aromatic carbocycles. The first-order valence-corrected chi connectivity index (χ1v) is 5.28. The summed E-state index contributed by atoms with van der Waals surface area (Å²) in [6, 6.07) is 10.5. The van der Waals surface area contributed by atoms with Gasteiger partial charge in [-0.25, -0.2) is 0 Å². The molecule has 15 heavy (non-hydrogen) atoms. The molecule has 0 unspecified atom stereocenters. The fraction of sp³-hybridized carbons (Fsp3) is 0.308. The van der Waals surface area contributed by atoms with Gasteiger partial charge in [0.25, 0.3) is 0 Å². The highest BCUT2D eigenvalue weighted by Crippen LogP contribution is 2.18. The molecule has 1 saturated carbocycles. The molecule has 0 spiro atoms. The Morgan fingerprint density at radius 2 is 2.07 bits per heavy atom. The smallest absolute Gasteiger partial charge is 0.0991 e. The fourth-order valence-electron chi connectivity index (χ4n) is 1.39. The molecule has 0 aromatic heterocycles. The molecule has 76 valence electrons. The predicted octanol–water partition coefficient (Wildman–Crippen LogP) is 2.32. The van der Waals surface area contributed by atoms with Crippen LogP contribution in [0.2, 0.25) is 0 Å². The Morgan fingerprint density at radius 1 is 1.33 bits per heavy atom. The third-order valence-corrected chi connectivity index (χ3v) is 2.45. The number of nitriles is 1. The van der Waals surface area contributed by atoms with Gasteiger partial charge in [0.1, 0.15) is 0 Å². The summed E-state index contributed by atoms with van der Waals surface area (Å²) in [5, 5.41) is 12.0. The molecule has 1 N–H and O–H groups in total. The van der Waals surface area contributed by atoms with E-state index in [1.807, 2.05) is 24.3 Å². The van der Waals surface area contributed by atoms with Gasteiger partial charge in [-0.2, -0.15) is 5.26 Å². The lowest BCUT2D eigenvalue weighted by molar-refractivity contribution is 0.754. The highest BCUT2D eigenvalue weighted by Gasteiger charge is 2.18. The minimum Gasteiger partial charge on any atom is -0.311 e. The number of hydrogen-bond acceptors (Lipinski definition) is 2. The van der Waals surface area contributed by atoms with E-state index in [4.69, 9.17) is 5.26 Å². The number of benzene rings is 1. The largest absolute Gasteiger partial charge is 0.311 e. The summed E-state index contributed by atoms with van der Waals surface area (Å²) in [4.78, 5) is 0. The summed E-state index contributed by atoms with van der Waals surface area (Å²) >= 11 is 0. The van der Waals surface area contributed by atoms with Crippen molar-refractivity contribution in [2.24, 2.45) is 0 Å². The zero-order valence-corrected chi connectivity index (χ0v) is 8.61. The van der Waals surface area contributed by atoms with E-state index in [-0.39, 0.29) is 0 Å². The normalized spacial score (nSPS) is 15.4. The van der Waals surface area contributed by atoms with Gasteiger partial charge in [-0.05, 0) is 30.5 Å². The maximum Gasteiger partial charge on any atom is 0.0991 e. The van der Waals surface area contributed by atoms with Crippen molar-refractivity contribution in [1.82, 2.24) is 5.32 Å². The van der Waals surface area contributed by atoms with Gasteiger partial charge in [0.2, 0.25) is 0 Å². The molecule has 1 aromatic rings. The van der Waals surface area contributed by atoms with E-state index >= 15 is 0 Å². The first-order valence-electron chi connectivity index (χ1n) is 5.28. The highest BCUT2D eigenvalue weighted by atomic mass is 14.9. The summed E-state index contributed by atoms with van der Waals surface area (Å²) < 4.78 is 0. The first kappa shape index (κ1) is 9.95. The van der Waals surface area contributed by atoms with Crippen LogP contribution in [-0.4, -0.2) is 12.6 Å². The maximum absolute atomic E-state index is 8.63. The Kier molecular flexibility index (Phi) is 3.16. The minimum atomic E-state index is 0.711. The van der Waals surface area contributed by atoms with E-state index in [2.05, 4.69) is 23.5 Å². The highest BCUT2D eigenvalue weighted by molar-refractivity contribution is 5.51. The average Bonchev–Trinajstić information content (AvgIpc) is 3.09. The molecule has 2 nitrogen and oxygen atoms in total. The van der Waals surface area contributed by atoms with E-state index in [0.717, 1.165) is 18.2 Å². The zero-order valence-electron chi connectivity index (χ0n) is 8.61. The van der Waals surface area contributed by atoms with Gasteiger partial charge in [-0.3, -0.25) is 0 Å². The number of rotatable bonds is 4. The molecule has 0 radical (unpaired) electrons. The third-order valence-electron chi connectivity index (χ3n) is 2.45. The SMILES string of the molecule is N#Cc1ccc(C=CCNC2CC2)cc1. The second-order valence-corrected chi connectivity index (χ2v) is 3.82. The van der Waals surface area contributed by atoms with Crippen molar-refractivity contribution in [1.29, 1.82) is 5.26 Å². The van der Waals surface area contributed by atoms with E-state index in [1.165, 1.54) is 12.8 Å². The van der Waals surface area contributed by atoms with Gasteiger partial charge >= 0.3 is 0 Å². The number of nitrogens with one attached hydrogen (secondary N) is 1. The van der Waals surface area contributed by atoms with Crippen molar-refractivity contribution < 1.29 is 0 Å². The molecular formula is C13H14N2. The summed E-state index contributed by atoms with van der Waals surface area (Å²) in [7, 11) is 0. The number of hydrogen-bond donors (Lipinski definition) is 1. The van der Waals surface area contributed by atoms with Crippen LogP contribution >= 0.6 is 0 Å². The molecule has 1 aliphatic rings. The molecule has 0 saturated heterocycles. The second kappa shape index (κ2) is 4.77. The lowest BCUT2D eigenvalue weighted by Crippen LogP contribution is -2.15. The Bertz CT molecular complexity index is 380. The van der Waals surface area contributed by atoms with E-state index in [0.29, 0.717) is 5.56 Å². The average molecular weight is 198 g/mol. The zero-order chi connectivity index (χ0) is 10.5. The maximum atomic E-state index is 8.63. The van der Waals surface area contributed by atoms with Crippen molar-refractivity contribution in [2.45, 2.75) is 18.9 Å². The summed E-state index contributed by atoms with van der Waals surface area (Å²) in [6.45, 7) is 0.935. The quantitative estimate of drug-likeness (QED) is 0.806. The topological polar surface area (TPSA) is 35.8 Å². The standard InChI is InChI=1S/C13H14N2/c14-10-12-5-3-11(4-6-12)2-1-9-15-13-7-8-13/h1-6,13,15H,7-9H2. The molecule has 0 aliphatic heterocycles. The molecule has 1 aliphatic carbocycles. The molecular weight excluding hydrogens is 184 g/mol. The monoisotopic (exact) mass is 198 g/mol. The van der Waals surface area contributed by atoms with Crippen molar-refractivity contribution in [3.8, 4) is 6.07 Å². The van der Waals surface area contributed by atoms with Crippen LogP contribution < -0.4 is 5.32 Å². The Morgan fingerprint density at radius 3 is 2.67 bits per heavy atom. The van der Waals surface area contributed by atoms with Crippen molar-refractivity contribution in [3.63, 3.8) is 0 Å². The van der Waals surface area contributed by atoms with Crippen LogP contribution in [0.25, 0.3) is 6.08 Å². The minimum absolute atomic E-state index is 0.711. The lowest BCUT2D eigenvalue weighted by Gasteiger charge is -1.96. The van der Waals surface area contributed by atoms with Gasteiger partial charge in [-0.1, -0.05) is 24.3 Å². The molecule has 1 fully saturated rings. The lowest BCUT2D eigenvalue weighted by atomic mass is 10.1. The van der Waals surface area contributed by atoms with Crippen LogP contribution in [0.15, 0.2) is 30.3 Å². The molecule has 0 bridgehead atoms. The van der Waals surface area contributed by atoms with E-state index in [9.17, 15) is 0 Å². The molecule has 0 atom stereocenters. The molecule has 2 heteroatoms. The first-order chi connectivity index (χ1) is 7.38. The van der Waals surface area contributed by atoms with Crippen LogP contribution in [0.3, 0.4) is 0 Å². The van der Waals surface area contributed by atoms with Crippen molar-refractivity contribution in [2.75, 3.05) is 6.54 Å². The molecule has 2 rings (SSSR count).